The third-order valence-corrected chi connectivity index (χ3v) is 2.94. The van der Waals surface area contributed by atoms with Crippen LogP contribution in [0.4, 0.5) is 13.2 Å². The van der Waals surface area contributed by atoms with Gasteiger partial charge in [0.15, 0.2) is 0 Å². The van der Waals surface area contributed by atoms with Crippen molar-refractivity contribution in [1.82, 2.24) is 0 Å². The number of carbonyl (C=O) groups is 2. The minimum absolute atomic E-state index is 0.132. The van der Waals surface area contributed by atoms with Gasteiger partial charge in [0.2, 0.25) is 0 Å². The Bertz CT molecular complexity index is 712. The van der Waals surface area contributed by atoms with Crippen LogP contribution in [0.2, 0.25) is 0 Å². The Morgan fingerprint density at radius 1 is 1.00 bits per heavy atom. The molecule has 7 heteroatoms. The quantitative estimate of drug-likeness (QED) is 0.479. The first-order chi connectivity index (χ1) is 10.3. The van der Waals surface area contributed by atoms with Crippen LogP contribution in [-0.4, -0.2) is 11.2 Å². The fraction of sp³-hybridized carbons (Fsp3) is 0.0667. The lowest BCUT2D eigenvalue weighted by atomic mass is 10.1. The van der Waals surface area contributed by atoms with Crippen molar-refractivity contribution in [3.05, 3.63) is 65.2 Å². The second-order valence-corrected chi connectivity index (χ2v) is 4.58. The van der Waals surface area contributed by atoms with Crippen LogP contribution in [0.25, 0.3) is 0 Å². The van der Waals surface area contributed by atoms with E-state index >= 15 is 0 Å². The van der Waals surface area contributed by atoms with Gasteiger partial charge in [0.1, 0.15) is 5.75 Å². The van der Waals surface area contributed by atoms with Crippen molar-refractivity contribution in [3.8, 4) is 5.75 Å². The predicted molar refractivity (Wildman–Crippen MR) is 73.0 cm³/mol. The van der Waals surface area contributed by atoms with Gasteiger partial charge in [-0.1, -0.05) is 18.2 Å². The lowest BCUT2D eigenvalue weighted by Gasteiger charge is -2.11. The molecule has 0 atom stereocenters. The molecule has 0 heterocycles. The summed E-state index contributed by atoms with van der Waals surface area (Å²) in [7, 11) is 0. The lowest BCUT2D eigenvalue weighted by molar-refractivity contribution is -0.137. The number of hydrogen-bond donors (Lipinski definition) is 0. The van der Waals surface area contributed by atoms with Gasteiger partial charge in [-0.25, -0.2) is 4.79 Å². The topological polar surface area (TPSA) is 43.4 Å². The molecule has 2 aromatic rings. The molecule has 0 aromatic heterocycles. The van der Waals surface area contributed by atoms with E-state index in [1.54, 1.807) is 18.2 Å². The summed E-state index contributed by atoms with van der Waals surface area (Å²) in [5.41, 5.74) is -1.24. The van der Waals surface area contributed by atoms with Crippen LogP contribution in [-0.2, 0) is 6.18 Å². The summed E-state index contributed by atoms with van der Waals surface area (Å²) in [6.07, 6.45) is -4.64. The summed E-state index contributed by atoms with van der Waals surface area (Å²) in [6, 6.07) is 9.77. The number of benzene rings is 2. The Balaban J connectivity index is 2.39. The van der Waals surface area contributed by atoms with Gasteiger partial charge < -0.3 is 4.74 Å². The summed E-state index contributed by atoms with van der Waals surface area (Å²) in [4.78, 5) is 23.1. The summed E-state index contributed by atoms with van der Waals surface area (Å²) in [5.74, 6) is -1.43. The Labute approximate surface area is 128 Å². The zero-order chi connectivity index (χ0) is 16.3. The zero-order valence-corrected chi connectivity index (χ0v) is 11.6. The van der Waals surface area contributed by atoms with E-state index in [9.17, 15) is 22.8 Å². The van der Waals surface area contributed by atoms with Crippen molar-refractivity contribution in [2.24, 2.45) is 0 Å². The summed E-state index contributed by atoms with van der Waals surface area (Å²) >= 11 is 5.29. The number of hydrogen-bond acceptors (Lipinski definition) is 3. The van der Waals surface area contributed by atoms with E-state index in [0.717, 1.165) is 6.07 Å². The molecule has 0 saturated carbocycles. The van der Waals surface area contributed by atoms with Crippen molar-refractivity contribution >= 4 is 22.8 Å². The van der Waals surface area contributed by atoms with Crippen molar-refractivity contribution in [3.63, 3.8) is 0 Å². The third-order valence-electron chi connectivity index (χ3n) is 2.73. The number of ether oxygens (including phenoxy) is 1. The van der Waals surface area contributed by atoms with Crippen molar-refractivity contribution in [2.75, 3.05) is 0 Å². The highest BCUT2D eigenvalue weighted by Gasteiger charge is 2.32. The second kappa shape index (κ2) is 6.19. The predicted octanol–water partition coefficient (Wildman–Crippen LogP) is 4.30. The minimum Gasteiger partial charge on any atom is -0.422 e. The largest absolute Gasteiger partial charge is 0.422 e. The van der Waals surface area contributed by atoms with Gasteiger partial charge in [-0.05, 0) is 41.9 Å². The second-order valence-electron chi connectivity index (χ2n) is 4.24. The maximum Gasteiger partial charge on any atom is 0.416 e. The van der Waals surface area contributed by atoms with E-state index < -0.39 is 28.7 Å². The van der Waals surface area contributed by atoms with E-state index in [1.165, 1.54) is 12.1 Å². The molecule has 3 nitrogen and oxygen atoms in total. The van der Waals surface area contributed by atoms with E-state index in [2.05, 4.69) is 0 Å². The summed E-state index contributed by atoms with van der Waals surface area (Å²) in [6.45, 7) is 0. The maximum atomic E-state index is 12.7. The third kappa shape index (κ3) is 3.65. The van der Waals surface area contributed by atoms with Crippen LogP contribution in [0.5, 0.6) is 5.75 Å². The zero-order valence-electron chi connectivity index (χ0n) is 10.9. The molecule has 0 unspecified atom stereocenters. The molecule has 0 saturated heterocycles. The van der Waals surface area contributed by atoms with Gasteiger partial charge in [0, 0.05) is 0 Å². The first-order valence-corrected chi connectivity index (χ1v) is 6.35. The highest BCUT2D eigenvalue weighted by Crippen LogP contribution is 2.33. The standard InChI is InChI=1S/C15H8ClF3O3/c16-13(20)11-7-6-10(15(17,18)19)8-12(11)22-14(21)9-4-2-1-3-5-9/h1-8H. The highest BCUT2D eigenvalue weighted by molar-refractivity contribution is 6.68. The van der Waals surface area contributed by atoms with Crippen molar-refractivity contribution in [1.29, 1.82) is 0 Å². The maximum absolute atomic E-state index is 12.7. The Morgan fingerprint density at radius 2 is 1.64 bits per heavy atom. The van der Waals surface area contributed by atoms with Crippen LogP contribution >= 0.6 is 11.6 Å². The molecular weight excluding hydrogens is 321 g/mol. The number of esters is 1. The Kier molecular flexibility index (Phi) is 4.51. The average molecular weight is 329 g/mol. The van der Waals surface area contributed by atoms with Crippen LogP contribution in [0.15, 0.2) is 48.5 Å². The smallest absolute Gasteiger partial charge is 0.416 e. The van der Waals surface area contributed by atoms with Gasteiger partial charge >= 0.3 is 12.1 Å². The minimum atomic E-state index is -4.64. The Morgan fingerprint density at radius 3 is 2.18 bits per heavy atom. The summed E-state index contributed by atoms with van der Waals surface area (Å²) in [5, 5.41) is -1.02. The van der Waals surface area contributed by atoms with E-state index in [4.69, 9.17) is 16.3 Å². The normalized spacial score (nSPS) is 11.1. The lowest BCUT2D eigenvalue weighted by Crippen LogP contribution is -2.12. The number of halogens is 4. The van der Waals surface area contributed by atoms with E-state index in [0.29, 0.717) is 12.1 Å². The molecule has 0 amide bonds. The van der Waals surface area contributed by atoms with Crippen molar-refractivity contribution < 1.29 is 27.5 Å². The monoisotopic (exact) mass is 328 g/mol. The van der Waals surface area contributed by atoms with E-state index in [-0.39, 0.29) is 11.1 Å². The van der Waals surface area contributed by atoms with Crippen LogP contribution < -0.4 is 4.74 Å². The highest BCUT2D eigenvalue weighted by atomic mass is 35.5. The molecule has 22 heavy (non-hydrogen) atoms. The molecule has 2 aromatic carbocycles. The number of alkyl halides is 3. The molecule has 0 aliphatic carbocycles. The first-order valence-electron chi connectivity index (χ1n) is 5.97. The molecule has 114 valence electrons. The van der Waals surface area contributed by atoms with Crippen molar-refractivity contribution in [2.45, 2.75) is 6.18 Å². The fourth-order valence-corrected chi connectivity index (χ4v) is 1.83. The van der Waals surface area contributed by atoms with Crippen LogP contribution in [0.3, 0.4) is 0 Å². The molecular formula is C15H8ClF3O3. The van der Waals surface area contributed by atoms with E-state index in [1.807, 2.05) is 0 Å². The molecule has 0 aliphatic rings. The SMILES string of the molecule is O=C(Oc1cc(C(F)(F)F)ccc1C(=O)Cl)c1ccccc1. The Hall–Kier alpha value is -2.34. The first kappa shape index (κ1) is 16.0. The van der Waals surface area contributed by atoms with Gasteiger partial charge in [-0.2, -0.15) is 13.2 Å². The molecule has 0 fully saturated rings. The van der Waals surface area contributed by atoms with Gasteiger partial charge in [-0.15, -0.1) is 0 Å². The van der Waals surface area contributed by atoms with Gasteiger partial charge in [0.25, 0.3) is 5.24 Å². The fourth-order valence-electron chi connectivity index (χ4n) is 1.68. The molecule has 0 spiro atoms. The van der Waals surface area contributed by atoms with Gasteiger partial charge in [-0.3, -0.25) is 4.79 Å². The summed E-state index contributed by atoms with van der Waals surface area (Å²) < 4.78 is 43.0. The van der Waals surface area contributed by atoms with Crippen LogP contribution in [0.1, 0.15) is 26.3 Å². The van der Waals surface area contributed by atoms with Crippen LogP contribution in [0, 0.1) is 0 Å². The molecule has 0 N–H and O–H groups in total. The number of rotatable bonds is 3. The number of carbonyl (C=O) groups excluding carboxylic acids is 2. The molecule has 0 bridgehead atoms. The average Bonchev–Trinajstić information content (AvgIpc) is 2.47. The molecule has 0 radical (unpaired) electrons. The molecule has 0 aliphatic heterocycles. The van der Waals surface area contributed by atoms with Gasteiger partial charge in [0.05, 0.1) is 16.7 Å². The molecule has 2 rings (SSSR count).